The van der Waals surface area contributed by atoms with Crippen molar-refractivity contribution in [2.75, 3.05) is 25.2 Å². The molecule has 1 fully saturated rings. The van der Waals surface area contributed by atoms with Crippen LogP contribution in [-0.4, -0.2) is 60.4 Å². The number of hydrogen-bond donors (Lipinski definition) is 1. The lowest BCUT2D eigenvalue weighted by Gasteiger charge is -2.15. The highest BCUT2D eigenvalue weighted by Gasteiger charge is 2.32. The molecule has 0 spiro atoms. The summed E-state index contributed by atoms with van der Waals surface area (Å²) >= 11 is 0. The SMILES string of the molecule is COC[C@@H](C)NC(=O)c1cc(-c2ccccc2)nc2c1c(C)nn2[C@@H]1CCS(=O)(=O)C1. The van der Waals surface area contributed by atoms with E-state index in [9.17, 15) is 13.2 Å². The van der Waals surface area contributed by atoms with Gasteiger partial charge in [-0.3, -0.25) is 4.79 Å². The summed E-state index contributed by atoms with van der Waals surface area (Å²) in [7, 11) is -1.51. The minimum atomic E-state index is -3.10. The minimum absolute atomic E-state index is 0.0346. The number of aromatic nitrogens is 3. The van der Waals surface area contributed by atoms with Crippen molar-refractivity contribution >= 4 is 26.8 Å². The van der Waals surface area contributed by atoms with Gasteiger partial charge in [0, 0.05) is 18.7 Å². The molecule has 2 atom stereocenters. The number of sulfone groups is 1. The minimum Gasteiger partial charge on any atom is -0.383 e. The van der Waals surface area contributed by atoms with Gasteiger partial charge in [-0.1, -0.05) is 30.3 Å². The van der Waals surface area contributed by atoms with Crippen LogP contribution in [0.15, 0.2) is 36.4 Å². The van der Waals surface area contributed by atoms with Gasteiger partial charge in [-0.2, -0.15) is 5.10 Å². The number of pyridine rings is 1. The summed E-state index contributed by atoms with van der Waals surface area (Å²) in [6, 6.07) is 10.9. The van der Waals surface area contributed by atoms with E-state index >= 15 is 0 Å². The Bertz CT molecular complexity index is 1220. The van der Waals surface area contributed by atoms with Gasteiger partial charge in [0.1, 0.15) is 0 Å². The van der Waals surface area contributed by atoms with Crippen LogP contribution in [0.3, 0.4) is 0 Å². The van der Waals surface area contributed by atoms with Crippen molar-refractivity contribution in [3.63, 3.8) is 0 Å². The quantitative estimate of drug-likeness (QED) is 0.629. The molecule has 0 aliphatic carbocycles. The average molecular weight is 443 g/mol. The molecular formula is C22H26N4O4S. The molecule has 3 aromatic rings. The topological polar surface area (TPSA) is 103 Å². The van der Waals surface area contributed by atoms with Crippen LogP contribution in [0.2, 0.25) is 0 Å². The lowest BCUT2D eigenvalue weighted by atomic mass is 10.0. The van der Waals surface area contributed by atoms with Crippen molar-refractivity contribution in [3.8, 4) is 11.3 Å². The van der Waals surface area contributed by atoms with Gasteiger partial charge in [0.25, 0.3) is 5.91 Å². The van der Waals surface area contributed by atoms with Gasteiger partial charge in [-0.15, -0.1) is 0 Å². The van der Waals surface area contributed by atoms with Crippen LogP contribution < -0.4 is 5.32 Å². The lowest BCUT2D eigenvalue weighted by Crippen LogP contribution is -2.35. The maximum Gasteiger partial charge on any atom is 0.252 e. The van der Waals surface area contributed by atoms with E-state index < -0.39 is 9.84 Å². The number of nitrogens with zero attached hydrogens (tertiary/aromatic N) is 3. The summed E-state index contributed by atoms with van der Waals surface area (Å²) in [5.41, 5.74) is 3.16. The molecule has 164 valence electrons. The predicted molar refractivity (Wildman–Crippen MR) is 119 cm³/mol. The largest absolute Gasteiger partial charge is 0.383 e. The van der Waals surface area contributed by atoms with E-state index in [0.29, 0.717) is 41.0 Å². The van der Waals surface area contributed by atoms with Crippen LogP contribution in [0.4, 0.5) is 0 Å². The van der Waals surface area contributed by atoms with E-state index in [-0.39, 0.29) is 29.5 Å². The summed E-state index contributed by atoms with van der Waals surface area (Å²) in [6.07, 6.45) is 0.488. The molecule has 0 unspecified atom stereocenters. The first-order valence-corrected chi connectivity index (χ1v) is 12.1. The van der Waals surface area contributed by atoms with E-state index in [1.807, 2.05) is 44.2 Å². The summed E-state index contributed by atoms with van der Waals surface area (Å²) in [5.74, 6) is -0.0682. The Hall–Kier alpha value is -2.78. The second-order valence-corrected chi connectivity index (χ2v) is 10.3. The molecule has 1 aliphatic heterocycles. The zero-order valence-electron chi connectivity index (χ0n) is 17.8. The van der Waals surface area contributed by atoms with Crippen molar-refractivity contribution < 1.29 is 17.9 Å². The third-order valence-electron chi connectivity index (χ3n) is 5.50. The van der Waals surface area contributed by atoms with Crippen LogP contribution in [-0.2, 0) is 14.6 Å². The van der Waals surface area contributed by atoms with Gasteiger partial charge in [0.05, 0.1) is 46.5 Å². The van der Waals surface area contributed by atoms with E-state index in [2.05, 4.69) is 10.4 Å². The highest BCUT2D eigenvalue weighted by atomic mass is 32.2. The van der Waals surface area contributed by atoms with Crippen molar-refractivity contribution in [2.45, 2.75) is 32.4 Å². The van der Waals surface area contributed by atoms with Crippen LogP contribution in [0, 0.1) is 6.92 Å². The molecule has 0 saturated carbocycles. The zero-order valence-corrected chi connectivity index (χ0v) is 18.6. The standard InChI is InChI=1S/C22H26N4O4S/c1-14(12-30-3)23-22(27)18-11-19(16-7-5-4-6-8-16)24-21-20(18)15(2)25-26(21)17-9-10-31(28,29)13-17/h4-8,11,14,17H,9-10,12-13H2,1-3H3,(H,23,27)/t14-,17-/m1/s1. The predicted octanol–water partition coefficient (Wildman–Crippen LogP) is 2.53. The molecule has 2 aromatic heterocycles. The molecule has 1 amide bonds. The summed E-state index contributed by atoms with van der Waals surface area (Å²) < 4.78 is 31.0. The number of methoxy groups -OCH3 is 1. The van der Waals surface area contributed by atoms with E-state index in [4.69, 9.17) is 9.72 Å². The van der Waals surface area contributed by atoms with Gasteiger partial charge in [0.15, 0.2) is 15.5 Å². The molecule has 1 aliphatic rings. The van der Waals surface area contributed by atoms with Crippen molar-refractivity contribution in [1.82, 2.24) is 20.1 Å². The number of fused-ring (bicyclic) bond motifs is 1. The van der Waals surface area contributed by atoms with E-state index in [1.165, 1.54) is 0 Å². The van der Waals surface area contributed by atoms with Gasteiger partial charge < -0.3 is 10.1 Å². The van der Waals surface area contributed by atoms with Crippen molar-refractivity contribution in [3.05, 3.63) is 47.7 Å². The van der Waals surface area contributed by atoms with Gasteiger partial charge in [-0.25, -0.2) is 18.1 Å². The molecule has 9 heteroatoms. The Balaban J connectivity index is 1.88. The molecule has 4 rings (SSSR count). The number of amides is 1. The molecule has 31 heavy (non-hydrogen) atoms. The lowest BCUT2D eigenvalue weighted by molar-refractivity contribution is 0.0907. The molecule has 8 nitrogen and oxygen atoms in total. The maximum atomic E-state index is 13.2. The van der Waals surface area contributed by atoms with Crippen LogP contribution in [0.5, 0.6) is 0 Å². The van der Waals surface area contributed by atoms with Crippen LogP contribution >= 0.6 is 0 Å². The Kier molecular flexibility index (Phi) is 5.81. The Morgan fingerprint density at radius 3 is 2.71 bits per heavy atom. The number of rotatable bonds is 6. The average Bonchev–Trinajstić information content (AvgIpc) is 3.27. The summed E-state index contributed by atoms with van der Waals surface area (Å²) in [6.45, 7) is 4.09. The number of carbonyl (C=O) groups is 1. The number of nitrogens with one attached hydrogen (secondary N) is 1. The number of hydrogen-bond acceptors (Lipinski definition) is 6. The summed E-state index contributed by atoms with van der Waals surface area (Å²) in [5, 5.41) is 8.22. The number of ether oxygens (including phenoxy) is 1. The summed E-state index contributed by atoms with van der Waals surface area (Å²) in [4.78, 5) is 18.0. The van der Waals surface area contributed by atoms with E-state index in [1.54, 1.807) is 17.9 Å². The third kappa shape index (κ3) is 4.33. The van der Waals surface area contributed by atoms with Crippen molar-refractivity contribution in [1.29, 1.82) is 0 Å². The fourth-order valence-electron chi connectivity index (χ4n) is 4.06. The van der Waals surface area contributed by atoms with Crippen LogP contribution in [0.1, 0.15) is 35.4 Å². The molecule has 3 heterocycles. The smallest absolute Gasteiger partial charge is 0.252 e. The first-order valence-electron chi connectivity index (χ1n) is 10.2. The maximum absolute atomic E-state index is 13.2. The second kappa shape index (κ2) is 8.39. The van der Waals surface area contributed by atoms with Crippen LogP contribution in [0.25, 0.3) is 22.3 Å². The molecular weight excluding hydrogens is 416 g/mol. The molecule has 0 radical (unpaired) electrons. The fraction of sp³-hybridized carbons (Fsp3) is 0.409. The Labute approximate surface area is 181 Å². The molecule has 1 aromatic carbocycles. The first kappa shape index (κ1) is 21.5. The van der Waals surface area contributed by atoms with E-state index in [0.717, 1.165) is 5.56 Å². The number of benzene rings is 1. The Morgan fingerprint density at radius 2 is 2.06 bits per heavy atom. The van der Waals surface area contributed by atoms with Gasteiger partial charge in [0.2, 0.25) is 0 Å². The number of carbonyl (C=O) groups excluding carboxylic acids is 1. The normalized spacial score (nSPS) is 18.9. The molecule has 1 N–H and O–H groups in total. The highest BCUT2D eigenvalue weighted by Crippen LogP contribution is 2.32. The van der Waals surface area contributed by atoms with Gasteiger partial charge in [-0.05, 0) is 26.3 Å². The fourth-order valence-corrected chi connectivity index (χ4v) is 5.76. The monoisotopic (exact) mass is 442 g/mol. The third-order valence-corrected chi connectivity index (χ3v) is 7.25. The zero-order chi connectivity index (χ0) is 22.2. The Morgan fingerprint density at radius 1 is 1.32 bits per heavy atom. The highest BCUT2D eigenvalue weighted by molar-refractivity contribution is 7.91. The first-order chi connectivity index (χ1) is 14.8. The van der Waals surface area contributed by atoms with Gasteiger partial charge >= 0.3 is 0 Å². The second-order valence-electron chi connectivity index (χ2n) is 8.04. The van der Waals surface area contributed by atoms with Crippen molar-refractivity contribution in [2.24, 2.45) is 0 Å². The molecule has 0 bridgehead atoms. The molecule has 1 saturated heterocycles. The number of aryl methyl sites for hydroxylation is 1.